The normalized spacial score (nSPS) is 24.9. The Morgan fingerprint density at radius 3 is 2.09 bits per heavy atom. The van der Waals surface area contributed by atoms with Crippen LogP contribution >= 0.6 is 0 Å². The number of aliphatic hydroxyl groups is 3. The van der Waals surface area contributed by atoms with Crippen molar-refractivity contribution in [3.8, 4) is 0 Å². The minimum Gasteiger partial charge on any atom is -0.464 e. The molecule has 0 saturated carbocycles. The predicted octanol–water partition coefficient (Wildman–Crippen LogP) is 0.104. The second-order valence-electron chi connectivity index (χ2n) is 7.85. The molecule has 10 heteroatoms. The smallest absolute Gasteiger partial charge is 0.340 e. The molecule has 4 N–H and O–H groups in total. The maximum absolute atomic E-state index is 12.5. The molecule has 0 bridgehead atoms. The second kappa shape index (κ2) is 12.6. The lowest BCUT2D eigenvalue weighted by Gasteiger charge is -2.39. The number of nitrogens with one attached hydrogen (secondary N) is 1. The molecule has 1 fully saturated rings. The zero-order valence-corrected chi connectivity index (χ0v) is 19.1. The first kappa shape index (κ1) is 26.7. The van der Waals surface area contributed by atoms with E-state index in [1.165, 1.54) is 0 Å². The van der Waals surface area contributed by atoms with E-state index in [1.807, 2.05) is 0 Å². The third-order valence-corrected chi connectivity index (χ3v) is 5.44. The Morgan fingerprint density at radius 2 is 1.55 bits per heavy atom. The molecular formula is C23H33NO9. The van der Waals surface area contributed by atoms with Crippen molar-refractivity contribution < 1.29 is 43.9 Å². The molecule has 1 heterocycles. The highest BCUT2D eigenvalue weighted by Crippen LogP contribution is 2.24. The standard InChI is InChI=1S/C23H33NO9/c1-4-31-22(29)17(23(30)32-5-2)24-21(28)15-11-9-14(10-12-15)7-6-8-16-19(26)20(27)18(25)13(3)33-16/h9-13,16-20,25-27H,4-8H2,1-3H3,(H,24,28). The first-order valence-electron chi connectivity index (χ1n) is 11.1. The Kier molecular flexibility index (Phi) is 10.2. The summed E-state index contributed by atoms with van der Waals surface area (Å²) >= 11 is 0. The van der Waals surface area contributed by atoms with E-state index in [2.05, 4.69) is 5.32 Å². The van der Waals surface area contributed by atoms with Crippen LogP contribution in [0.3, 0.4) is 0 Å². The summed E-state index contributed by atoms with van der Waals surface area (Å²) in [6.45, 7) is 4.94. The summed E-state index contributed by atoms with van der Waals surface area (Å²) in [6, 6.07) is 5.10. The average molecular weight is 468 g/mol. The van der Waals surface area contributed by atoms with Crippen LogP contribution < -0.4 is 5.32 Å². The largest absolute Gasteiger partial charge is 0.464 e. The summed E-state index contributed by atoms with van der Waals surface area (Å²) in [5, 5.41) is 32.1. The highest BCUT2D eigenvalue weighted by molar-refractivity contribution is 6.05. The van der Waals surface area contributed by atoms with Gasteiger partial charge in [-0.15, -0.1) is 0 Å². The van der Waals surface area contributed by atoms with E-state index in [9.17, 15) is 29.7 Å². The van der Waals surface area contributed by atoms with Crippen molar-refractivity contribution in [1.82, 2.24) is 5.32 Å². The third kappa shape index (κ3) is 7.23. The van der Waals surface area contributed by atoms with Crippen LogP contribution in [-0.2, 0) is 30.2 Å². The first-order valence-corrected chi connectivity index (χ1v) is 11.1. The van der Waals surface area contributed by atoms with Crippen molar-refractivity contribution in [3.05, 3.63) is 35.4 Å². The number of benzene rings is 1. The first-order chi connectivity index (χ1) is 15.7. The quantitative estimate of drug-likeness (QED) is 0.277. The minimum atomic E-state index is -1.55. The molecule has 2 rings (SSSR count). The molecule has 1 aliphatic heterocycles. The summed E-state index contributed by atoms with van der Waals surface area (Å²) in [6.07, 6.45) is -2.91. The molecule has 5 atom stereocenters. The molecule has 1 amide bonds. The molecule has 184 valence electrons. The van der Waals surface area contributed by atoms with Gasteiger partial charge in [0.15, 0.2) is 0 Å². The fourth-order valence-electron chi connectivity index (χ4n) is 3.58. The molecule has 5 unspecified atom stereocenters. The Bertz CT molecular complexity index is 780. The maximum atomic E-state index is 12.5. The minimum absolute atomic E-state index is 0.0562. The zero-order valence-electron chi connectivity index (χ0n) is 19.1. The molecule has 10 nitrogen and oxygen atoms in total. The van der Waals surface area contributed by atoms with E-state index < -0.39 is 54.4 Å². The van der Waals surface area contributed by atoms with Gasteiger partial charge >= 0.3 is 11.9 Å². The van der Waals surface area contributed by atoms with Gasteiger partial charge in [-0.05, 0) is 57.7 Å². The Balaban J connectivity index is 1.91. The van der Waals surface area contributed by atoms with Gasteiger partial charge in [-0.3, -0.25) is 4.79 Å². The number of aryl methyl sites for hydroxylation is 1. The topological polar surface area (TPSA) is 152 Å². The van der Waals surface area contributed by atoms with Crippen LogP contribution in [0, 0.1) is 0 Å². The number of carbonyl (C=O) groups is 3. The number of esters is 2. The molecule has 0 aliphatic carbocycles. The lowest BCUT2D eigenvalue weighted by Crippen LogP contribution is -2.56. The van der Waals surface area contributed by atoms with E-state index >= 15 is 0 Å². The van der Waals surface area contributed by atoms with Crippen LogP contribution in [0.2, 0.25) is 0 Å². The molecule has 1 aromatic rings. The molecule has 1 aliphatic rings. The van der Waals surface area contributed by atoms with Crippen molar-refractivity contribution in [2.75, 3.05) is 13.2 Å². The zero-order chi connectivity index (χ0) is 24.5. The Labute approximate surface area is 192 Å². The average Bonchev–Trinajstić information content (AvgIpc) is 2.79. The van der Waals surface area contributed by atoms with Gasteiger partial charge in [-0.1, -0.05) is 12.1 Å². The van der Waals surface area contributed by atoms with Crippen LogP contribution in [0.4, 0.5) is 0 Å². The number of ether oxygens (including phenoxy) is 3. The van der Waals surface area contributed by atoms with Crippen LogP contribution in [0.25, 0.3) is 0 Å². The van der Waals surface area contributed by atoms with Gasteiger partial charge in [0.2, 0.25) is 6.04 Å². The number of amides is 1. The molecule has 0 spiro atoms. The number of hydrogen-bond acceptors (Lipinski definition) is 9. The fraction of sp³-hybridized carbons (Fsp3) is 0.609. The van der Waals surface area contributed by atoms with E-state index in [0.29, 0.717) is 19.3 Å². The van der Waals surface area contributed by atoms with Gasteiger partial charge in [0, 0.05) is 5.56 Å². The van der Waals surface area contributed by atoms with Gasteiger partial charge in [0.1, 0.15) is 18.3 Å². The molecule has 0 radical (unpaired) electrons. The van der Waals surface area contributed by atoms with Crippen molar-refractivity contribution in [1.29, 1.82) is 0 Å². The monoisotopic (exact) mass is 467 g/mol. The van der Waals surface area contributed by atoms with Crippen LogP contribution in [-0.4, -0.2) is 82.9 Å². The summed E-state index contributed by atoms with van der Waals surface area (Å²) < 4.78 is 15.3. The molecule has 1 saturated heterocycles. The van der Waals surface area contributed by atoms with Crippen molar-refractivity contribution in [2.45, 2.75) is 76.6 Å². The summed E-state index contributed by atoms with van der Waals surface area (Å²) in [4.78, 5) is 36.5. The molecule has 33 heavy (non-hydrogen) atoms. The van der Waals surface area contributed by atoms with E-state index in [0.717, 1.165) is 5.56 Å². The molecular weight excluding hydrogens is 434 g/mol. The van der Waals surface area contributed by atoms with Crippen molar-refractivity contribution in [3.63, 3.8) is 0 Å². The molecule has 1 aromatic carbocycles. The summed E-state index contributed by atoms with van der Waals surface area (Å²) in [5.41, 5.74) is 1.19. The third-order valence-electron chi connectivity index (χ3n) is 5.44. The van der Waals surface area contributed by atoms with Gasteiger partial charge < -0.3 is 34.8 Å². The van der Waals surface area contributed by atoms with Crippen LogP contribution in [0.15, 0.2) is 24.3 Å². The molecule has 0 aromatic heterocycles. The van der Waals surface area contributed by atoms with Gasteiger partial charge in [0.25, 0.3) is 5.91 Å². The van der Waals surface area contributed by atoms with E-state index in [-0.39, 0.29) is 18.8 Å². The van der Waals surface area contributed by atoms with Gasteiger partial charge in [-0.2, -0.15) is 0 Å². The second-order valence-corrected chi connectivity index (χ2v) is 7.85. The number of carbonyl (C=O) groups excluding carboxylic acids is 3. The summed E-state index contributed by atoms with van der Waals surface area (Å²) in [5.74, 6) is -2.40. The number of rotatable bonds is 10. The van der Waals surface area contributed by atoms with Crippen molar-refractivity contribution in [2.24, 2.45) is 0 Å². The lowest BCUT2D eigenvalue weighted by molar-refractivity contribution is -0.218. The Morgan fingerprint density at radius 1 is 0.970 bits per heavy atom. The maximum Gasteiger partial charge on any atom is 0.340 e. The van der Waals surface area contributed by atoms with E-state index in [1.54, 1.807) is 45.0 Å². The van der Waals surface area contributed by atoms with Crippen LogP contribution in [0.1, 0.15) is 49.5 Å². The SMILES string of the molecule is CCOC(=O)C(NC(=O)c1ccc(CCCC2OC(C)C(O)C(O)C2O)cc1)C(=O)OCC. The summed E-state index contributed by atoms with van der Waals surface area (Å²) in [7, 11) is 0. The number of hydrogen-bond donors (Lipinski definition) is 4. The highest BCUT2D eigenvalue weighted by atomic mass is 16.6. The van der Waals surface area contributed by atoms with Gasteiger partial charge in [-0.25, -0.2) is 9.59 Å². The van der Waals surface area contributed by atoms with Crippen LogP contribution in [0.5, 0.6) is 0 Å². The predicted molar refractivity (Wildman–Crippen MR) is 116 cm³/mol. The highest BCUT2D eigenvalue weighted by Gasteiger charge is 2.41. The van der Waals surface area contributed by atoms with Gasteiger partial charge in [0.05, 0.1) is 25.4 Å². The van der Waals surface area contributed by atoms with Crippen molar-refractivity contribution >= 4 is 17.8 Å². The lowest BCUT2D eigenvalue weighted by atomic mass is 9.92. The fourth-order valence-corrected chi connectivity index (χ4v) is 3.58. The Hall–Kier alpha value is -2.53. The number of aliphatic hydroxyl groups excluding tert-OH is 3. The van der Waals surface area contributed by atoms with E-state index in [4.69, 9.17) is 14.2 Å².